The van der Waals surface area contributed by atoms with Crippen LogP contribution in [0.3, 0.4) is 0 Å². The number of esters is 1. The van der Waals surface area contributed by atoms with E-state index in [-0.39, 0.29) is 23.9 Å². The summed E-state index contributed by atoms with van der Waals surface area (Å²) in [7, 11) is 0. The molecule has 0 radical (unpaired) electrons. The lowest BCUT2D eigenvalue weighted by atomic mass is 9.78. The highest BCUT2D eigenvalue weighted by Gasteiger charge is 2.46. The van der Waals surface area contributed by atoms with Crippen molar-refractivity contribution in [1.82, 2.24) is 0 Å². The quantitative estimate of drug-likeness (QED) is 0.657. The monoisotopic (exact) mass is 338 g/mol. The largest absolute Gasteiger partial charge is 0.459 e. The summed E-state index contributed by atoms with van der Waals surface area (Å²) < 4.78 is 5.98. The van der Waals surface area contributed by atoms with E-state index in [1.807, 2.05) is 6.92 Å². The van der Waals surface area contributed by atoms with E-state index in [2.05, 4.69) is 27.7 Å². The van der Waals surface area contributed by atoms with Gasteiger partial charge in [-0.2, -0.15) is 0 Å². The lowest BCUT2D eigenvalue weighted by Crippen LogP contribution is -2.43. The van der Waals surface area contributed by atoms with E-state index in [1.165, 1.54) is 12.8 Å². The number of aliphatic hydroxyl groups is 1. The zero-order valence-corrected chi connectivity index (χ0v) is 16.4. The molecule has 0 spiro atoms. The zero-order chi connectivity index (χ0) is 18.0. The Bertz CT molecular complexity index is 421. The second-order valence-corrected chi connectivity index (χ2v) is 8.96. The fraction of sp³-hybridized carbons (Fsp3) is 0.952. The summed E-state index contributed by atoms with van der Waals surface area (Å²) in [4.78, 5) is 12.6. The predicted octanol–water partition coefficient (Wildman–Crippen LogP) is 5.10. The van der Waals surface area contributed by atoms with E-state index in [4.69, 9.17) is 4.74 Å². The molecule has 0 aliphatic heterocycles. The number of ether oxygens (including phenoxy) is 1. The second-order valence-electron chi connectivity index (χ2n) is 8.96. The molecule has 4 unspecified atom stereocenters. The van der Waals surface area contributed by atoms with Crippen LogP contribution in [0.1, 0.15) is 92.4 Å². The van der Waals surface area contributed by atoms with Crippen LogP contribution in [0, 0.1) is 23.7 Å². The molecular formula is C21H38O3. The molecule has 3 nitrogen and oxygen atoms in total. The van der Waals surface area contributed by atoms with E-state index in [1.54, 1.807) is 0 Å². The van der Waals surface area contributed by atoms with Crippen molar-refractivity contribution >= 4 is 5.97 Å². The van der Waals surface area contributed by atoms with Crippen molar-refractivity contribution in [3.63, 3.8) is 0 Å². The molecular weight excluding hydrogens is 300 g/mol. The fourth-order valence-corrected chi connectivity index (χ4v) is 5.24. The maximum absolute atomic E-state index is 12.6. The van der Waals surface area contributed by atoms with Crippen molar-refractivity contribution in [2.45, 2.75) is 104 Å². The van der Waals surface area contributed by atoms with Crippen LogP contribution in [0.4, 0.5) is 0 Å². The number of carbonyl (C=O) groups is 1. The van der Waals surface area contributed by atoms with E-state index >= 15 is 0 Å². The number of rotatable bonds is 7. The summed E-state index contributed by atoms with van der Waals surface area (Å²) in [5.41, 5.74) is -1.24. The van der Waals surface area contributed by atoms with Gasteiger partial charge < -0.3 is 9.84 Å². The predicted molar refractivity (Wildman–Crippen MR) is 97.7 cm³/mol. The molecule has 0 heterocycles. The Balaban J connectivity index is 2.01. The highest BCUT2D eigenvalue weighted by Crippen LogP contribution is 2.47. The van der Waals surface area contributed by atoms with Gasteiger partial charge in [0.1, 0.15) is 5.60 Å². The Morgan fingerprint density at radius 2 is 1.83 bits per heavy atom. The molecule has 2 fully saturated rings. The molecule has 1 N–H and O–H groups in total. The van der Waals surface area contributed by atoms with Crippen molar-refractivity contribution in [2.24, 2.45) is 23.7 Å². The molecule has 3 heteroatoms. The van der Waals surface area contributed by atoms with Gasteiger partial charge in [-0.3, -0.25) is 4.79 Å². The summed E-state index contributed by atoms with van der Waals surface area (Å²) in [5, 5.41) is 11.1. The van der Waals surface area contributed by atoms with Crippen LogP contribution in [-0.2, 0) is 9.53 Å². The lowest BCUT2D eigenvalue weighted by Gasteiger charge is -2.37. The van der Waals surface area contributed by atoms with Crippen LogP contribution in [0.25, 0.3) is 0 Å². The number of hydrogen-bond donors (Lipinski definition) is 1. The van der Waals surface area contributed by atoms with E-state index in [0.29, 0.717) is 17.8 Å². The van der Waals surface area contributed by atoms with Crippen LogP contribution in [-0.4, -0.2) is 22.3 Å². The fourth-order valence-electron chi connectivity index (χ4n) is 5.24. The topological polar surface area (TPSA) is 46.5 Å². The molecule has 0 amide bonds. The Labute approximate surface area is 148 Å². The molecule has 24 heavy (non-hydrogen) atoms. The summed E-state index contributed by atoms with van der Waals surface area (Å²) in [5.74, 6) is 1.58. The van der Waals surface area contributed by atoms with Gasteiger partial charge in [0.05, 0.1) is 12.0 Å². The highest BCUT2D eigenvalue weighted by molar-refractivity contribution is 5.71. The van der Waals surface area contributed by atoms with E-state index in [9.17, 15) is 9.90 Å². The average molecular weight is 339 g/mol. The van der Waals surface area contributed by atoms with Gasteiger partial charge in [-0.1, -0.05) is 40.5 Å². The minimum Gasteiger partial charge on any atom is -0.459 e. The van der Waals surface area contributed by atoms with Gasteiger partial charge in [0, 0.05) is 0 Å². The number of hydrogen-bond acceptors (Lipinski definition) is 3. The molecule has 2 aliphatic rings. The Morgan fingerprint density at radius 1 is 1.21 bits per heavy atom. The third-order valence-electron chi connectivity index (χ3n) is 7.01. The first kappa shape index (κ1) is 19.8. The minimum atomic E-state index is -0.946. The van der Waals surface area contributed by atoms with Gasteiger partial charge in [0.2, 0.25) is 0 Å². The molecule has 0 bridgehead atoms. The van der Waals surface area contributed by atoms with Crippen molar-refractivity contribution < 1.29 is 14.6 Å². The Kier molecular flexibility index (Phi) is 6.39. The van der Waals surface area contributed by atoms with Crippen LogP contribution in [0.2, 0.25) is 0 Å². The van der Waals surface area contributed by atoms with Gasteiger partial charge >= 0.3 is 5.97 Å². The van der Waals surface area contributed by atoms with Crippen LogP contribution in [0.15, 0.2) is 0 Å². The smallest absolute Gasteiger partial charge is 0.309 e. The highest BCUT2D eigenvalue weighted by atomic mass is 16.6. The molecule has 0 aromatic rings. The van der Waals surface area contributed by atoms with Crippen LogP contribution >= 0.6 is 0 Å². The van der Waals surface area contributed by atoms with Crippen molar-refractivity contribution in [3.05, 3.63) is 0 Å². The van der Waals surface area contributed by atoms with Gasteiger partial charge in [-0.05, 0) is 69.1 Å². The maximum atomic E-state index is 12.6. The molecule has 2 saturated carbocycles. The summed E-state index contributed by atoms with van der Waals surface area (Å²) in [6, 6.07) is 0. The normalized spacial score (nSPS) is 32.0. The van der Waals surface area contributed by atoms with Crippen molar-refractivity contribution in [1.29, 1.82) is 0 Å². The SMILES string of the molecule is CCC1CC(CC)C(C(C)(O)CC(=O)OC2(C(C)C)CCCC2)C1. The molecule has 2 rings (SSSR count). The van der Waals surface area contributed by atoms with Gasteiger partial charge in [-0.25, -0.2) is 0 Å². The van der Waals surface area contributed by atoms with Gasteiger partial charge in [0.25, 0.3) is 0 Å². The van der Waals surface area contributed by atoms with E-state index in [0.717, 1.165) is 38.5 Å². The van der Waals surface area contributed by atoms with Gasteiger partial charge in [-0.15, -0.1) is 0 Å². The zero-order valence-electron chi connectivity index (χ0n) is 16.4. The summed E-state index contributed by atoms with van der Waals surface area (Å²) in [6.45, 7) is 10.6. The summed E-state index contributed by atoms with van der Waals surface area (Å²) >= 11 is 0. The molecule has 2 aliphatic carbocycles. The summed E-state index contributed by atoms with van der Waals surface area (Å²) in [6.07, 6.45) is 8.85. The Morgan fingerprint density at radius 3 is 2.33 bits per heavy atom. The second kappa shape index (κ2) is 7.76. The van der Waals surface area contributed by atoms with E-state index < -0.39 is 5.60 Å². The van der Waals surface area contributed by atoms with Crippen molar-refractivity contribution in [2.75, 3.05) is 0 Å². The first-order valence-corrected chi connectivity index (χ1v) is 10.2. The molecule has 0 aromatic carbocycles. The third-order valence-corrected chi connectivity index (χ3v) is 7.01. The van der Waals surface area contributed by atoms with Crippen molar-refractivity contribution in [3.8, 4) is 0 Å². The van der Waals surface area contributed by atoms with Crippen LogP contribution in [0.5, 0.6) is 0 Å². The first-order valence-electron chi connectivity index (χ1n) is 10.2. The maximum Gasteiger partial charge on any atom is 0.309 e. The molecule has 4 atom stereocenters. The average Bonchev–Trinajstić information content (AvgIpc) is 3.13. The Hall–Kier alpha value is -0.570. The molecule has 140 valence electrons. The van der Waals surface area contributed by atoms with Crippen LogP contribution < -0.4 is 0 Å². The standard InChI is InChI=1S/C21H38O3/c1-6-16-12-17(7-2)18(13-16)20(5,23)14-19(22)24-21(15(3)4)10-8-9-11-21/h15-18,23H,6-14H2,1-5H3. The van der Waals surface area contributed by atoms with Gasteiger partial charge in [0.15, 0.2) is 0 Å². The number of carbonyl (C=O) groups excluding carboxylic acids is 1. The minimum absolute atomic E-state index is 0.138. The lowest BCUT2D eigenvalue weighted by molar-refractivity contribution is -0.171. The first-order chi connectivity index (χ1) is 11.2. The molecule has 0 saturated heterocycles. The molecule has 0 aromatic heterocycles. The third kappa shape index (κ3) is 4.15.